The largest absolute Gasteiger partial charge is 0.358 e. The topological polar surface area (TPSA) is 27.8 Å². The molecule has 16 heavy (non-hydrogen) atoms. The summed E-state index contributed by atoms with van der Waals surface area (Å²) in [5, 5.41) is 4.86. The highest BCUT2D eigenvalue weighted by molar-refractivity contribution is 5.88. The second-order valence-electron chi connectivity index (χ2n) is 4.81. The quantitative estimate of drug-likeness (QED) is 0.750. The van der Waals surface area contributed by atoms with E-state index in [9.17, 15) is 0 Å². The van der Waals surface area contributed by atoms with Crippen LogP contribution in [-0.2, 0) is 12.8 Å². The number of fused-ring (bicyclic) bond motifs is 3. The second kappa shape index (κ2) is 3.63. The van der Waals surface area contributed by atoms with Gasteiger partial charge in [0.1, 0.15) is 0 Å². The normalized spacial score (nSPS) is 20.0. The predicted molar refractivity (Wildman–Crippen MR) is 67.9 cm³/mol. The molecular weight excluding hydrogens is 196 g/mol. The summed E-state index contributed by atoms with van der Waals surface area (Å²) in [6.07, 6.45) is 3.58. The third kappa shape index (κ3) is 1.37. The zero-order chi connectivity index (χ0) is 11.1. The number of H-pyrrole nitrogens is 1. The van der Waals surface area contributed by atoms with E-state index in [0.29, 0.717) is 6.04 Å². The minimum Gasteiger partial charge on any atom is -0.358 e. The van der Waals surface area contributed by atoms with E-state index in [0.717, 1.165) is 6.42 Å². The molecule has 0 amide bonds. The molecule has 0 radical (unpaired) electrons. The zero-order valence-electron chi connectivity index (χ0n) is 9.93. The molecule has 1 aliphatic carbocycles. The molecule has 2 N–H and O–H groups in total. The summed E-state index contributed by atoms with van der Waals surface area (Å²) in [5.74, 6) is 0. The Bertz CT molecular complexity index is 525. The van der Waals surface area contributed by atoms with Gasteiger partial charge in [-0.2, -0.15) is 0 Å². The molecule has 1 aromatic heterocycles. The lowest BCUT2D eigenvalue weighted by Gasteiger charge is -2.22. The van der Waals surface area contributed by atoms with Crippen molar-refractivity contribution < 1.29 is 0 Å². The van der Waals surface area contributed by atoms with Crippen LogP contribution in [0.3, 0.4) is 0 Å². The fourth-order valence-electron chi connectivity index (χ4n) is 2.91. The van der Waals surface area contributed by atoms with Gasteiger partial charge in [0.05, 0.1) is 0 Å². The van der Waals surface area contributed by atoms with E-state index in [1.54, 1.807) is 5.56 Å². The number of rotatable bonds is 1. The van der Waals surface area contributed by atoms with Crippen LogP contribution in [0, 0.1) is 6.92 Å². The summed E-state index contributed by atoms with van der Waals surface area (Å²) in [6, 6.07) is 7.18. The summed E-state index contributed by atoms with van der Waals surface area (Å²) < 4.78 is 0. The highest BCUT2D eigenvalue weighted by atomic mass is 14.9. The molecule has 1 atom stereocenters. The Kier molecular flexibility index (Phi) is 2.25. The van der Waals surface area contributed by atoms with E-state index in [1.807, 2.05) is 0 Å². The van der Waals surface area contributed by atoms with Crippen LogP contribution in [0.4, 0.5) is 0 Å². The van der Waals surface area contributed by atoms with Crippen LogP contribution in [0.15, 0.2) is 18.2 Å². The summed E-state index contributed by atoms with van der Waals surface area (Å²) in [4.78, 5) is 3.57. The molecule has 0 saturated heterocycles. The van der Waals surface area contributed by atoms with Gasteiger partial charge in [-0.15, -0.1) is 0 Å². The van der Waals surface area contributed by atoms with Crippen molar-refractivity contribution in [3.05, 3.63) is 35.0 Å². The summed E-state index contributed by atoms with van der Waals surface area (Å²) >= 11 is 0. The highest BCUT2D eigenvalue weighted by Gasteiger charge is 2.21. The number of aryl methyl sites for hydroxylation is 2. The van der Waals surface area contributed by atoms with Crippen molar-refractivity contribution in [1.29, 1.82) is 0 Å². The standard InChI is InChI=1S/C14H18N2/c1-9-4-3-5-13-14(9)11-8-10(15-2)6-7-12(11)16-13/h3-5,10,15-16H,6-8H2,1-2H3/t10-/m0/s1. The van der Waals surface area contributed by atoms with Gasteiger partial charge in [-0.25, -0.2) is 0 Å². The Morgan fingerprint density at radius 2 is 2.25 bits per heavy atom. The Morgan fingerprint density at radius 3 is 3.06 bits per heavy atom. The molecule has 0 bridgehead atoms. The first kappa shape index (κ1) is 9.91. The maximum absolute atomic E-state index is 3.57. The van der Waals surface area contributed by atoms with Gasteiger partial charge in [0, 0.05) is 22.6 Å². The lowest BCUT2D eigenvalue weighted by molar-refractivity contribution is 0.495. The van der Waals surface area contributed by atoms with E-state index in [2.05, 4.69) is 42.5 Å². The monoisotopic (exact) mass is 214 g/mol. The van der Waals surface area contributed by atoms with E-state index >= 15 is 0 Å². The number of aromatic amines is 1. The van der Waals surface area contributed by atoms with Gasteiger partial charge in [-0.1, -0.05) is 12.1 Å². The van der Waals surface area contributed by atoms with Gasteiger partial charge in [0.15, 0.2) is 0 Å². The molecule has 2 aromatic rings. The highest BCUT2D eigenvalue weighted by Crippen LogP contribution is 2.31. The first-order valence-electron chi connectivity index (χ1n) is 6.06. The second-order valence-corrected chi connectivity index (χ2v) is 4.81. The lowest BCUT2D eigenvalue weighted by atomic mass is 9.90. The van der Waals surface area contributed by atoms with Gasteiger partial charge >= 0.3 is 0 Å². The van der Waals surface area contributed by atoms with E-state index in [4.69, 9.17) is 0 Å². The Hall–Kier alpha value is -1.28. The number of hydrogen-bond donors (Lipinski definition) is 2. The molecule has 2 heteroatoms. The number of aromatic nitrogens is 1. The van der Waals surface area contributed by atoms with Gasteiger partial charge in [0.25, 0.3) is 0 Å². The molecule has 84 valence electrons. The van der Waals surface area contributed by atoms with E-state index < -0.39 is 0 Å². The van der Waals surface area contributed by atoms with Crippen molar-refractivity contribution >= 4 is 10.9 Å². The van der Waals surface area contributed by atoms with Crippen LogP contribution in [0.5, 0.6) is 0 Å². The molecule has 0 aliphatic heterocycles. The Balaban J connectivity index is 2.19. The first-order valence-corrected chi connectivity index (χ1v) is 6.06. The van der Waals surface area contributed by atoms with Gasteiger partial charge in [-0.05, 0) is 50.4 Å². The molecule has 0 saturated carbocycles. The third-order valence-electron chi connectivity index (χ3n) is 3.83. The average Bonchev–Trinajstić information content (AvgIpc) is 2.67. The van der Waals surface area contributed by atoms with Crippen molar-refractivity contribution in [2.45, 2.75) is 32.2 Å². The van der Waals surface area contributed by atoms with Crippen molar-refractivity contribution in [2.75, 3.05) is 7.05 Å². The average molecular weight is 214 g/mol. The fraction of sp³-hybridized carbons (Fsp3) is 0.429. The van der Waals surface area contributed by atoms with Crippen molar-refractivity contribution in [3.63, 3.8) is 0 Å². The number of likely N-dealkylation sites (N-methyl/N-ethyl adjacent to an activating group) is 1. The summed E-state index contributed by atoms with van der Waals surface area (Å²) in [6.45, 7) is 2.21. The van der Waals surface area contributed by atoms with Crippen molar-refractivity contribution in [2.24, 2.45) is 0 Å². The molecule has 2 nitrogen and oxygen atoms in total. The van der Waals surface area contributed by atoms with Gasteiger partial charge in [-0.3, -0.25) is 0 Å². The SMILES string of the molecule is CN[C@H]1CCc2[nH]c3cccc(C)c3c2C1. The smallest absolute Gasteiger partial charge is 0.0461 e. The lowest BCUT2D eigenvalue weighted by Crippen LogP contribution is -2.31. The molecule has 0 unspecified atom stereocenters. The van der Waals surface area contributed by atoms with Crippen molar-refractivity contribution in [1.82, 2.24) is 10.3 Å². The molecule has 0 spiro atoms. The van der Waals surface area contributed by atoms with Crippen LogP contribution >= 0.6 is 0 Å². The summed E-state index contributed by atoms with van der Waals surface area (Å²) in [7, 11) is 2.07. The molecule has 0 fully saturated rings. The Labute approximate surface area is 96.1 Å². The molecule has 1 heterocycles. The van der Waals surface area contributed by atoms with Crippen LogP contribution in [-0.4, -0.2) is 18.1 Å². The van der Waals surface area contributed by atoms with Gasteiger partial charge in [0.2, 0.25) is 0 Å². The number of nitrogens with one attached hydrogen (secondary N) is 2. The minimum atomic E-state index is 0.645. The van der Waals surface area contributed by atoms with Crippen molar-refractivity contribution in [3.8, 4) is 0 Å². The van der Waals surface area contributed by atoms with Crippen LogP contribution in [0.25, 0.3) is 10.9 Å². The zero-order valence-corrected chi connectivity index (χ0v) is 9.93. The molecule has 1 aliphatic rings. The molecule has 1 aromatic carbocycles. The minimum absolute atomic E-state index is 0.645. The Morgan fingerprint density at radius 1 is 1.38 bits per heavy atom. The summed E-state index contributed by atoms with van der Waals surface area (Å²) in [5.41, 5.74) is 5.70. The fourth-order valence-corrected chi connectivity index (χ4v) is 2.91. The molecule has 3 rings (SSSR count). The van der Waals surface area contributed by atoms with Gasteiger partial charge < -0.3 is 10.3 Å². The maximum atomic E-state index is 3.57. The number of hydrogen-bond acceptors (Lipinski definition) is 1. The predicted octanol–water partition coefficient (Wildman–Crippen LogP) is 2.55. The first-order chi connectivity index (χ1) is 7.79. The van der Waals surface area contributed by atoms with E-state index in [-0.39, 0.29) is 0 Å². The van der Waals surface area contributed by atoms with Crippen LogP contribution in [0.1, 0.15) is 23.2 Å². The maximum Gasteiger partial charge on any atom is 0.0461 e. The number of benzene rings is 1. The molecular formula is C14H18N2. The third-order valence-corrected chi connectivity index (χ3v) is 3.83. The van der Waals surface area contributed by atoms with Crippen LogP contribution in [0.2, 0.25) is 0 Å². The van der Waals surface area contributed by atoms with E-state index in [1.165, 1.54) is 35.0 Å². The van der Waals surface area contributed by atoms with Crippen LogP contribution < -0.4 is 5.32 Å².